The van der Waals surface area contributed by atoms with Gasteiger partial charge in [0.05, 0.1) is 24.7 Å². The highest BCUT2D eigenvalue weighted by Gasteiger charge is 2.07. The Morgan fingerprint density at radius 1 is 1.42 bits per heavy atom. The maximum absolute atomic E-state index is 11.6. The van der Waals surface area contributed by atoms with Crippen molar-refractivity contribution in [1.82, 2.24) is 5.32 Å². The summed E-state index contributed by atoms with van der Waals surface area (Å²) in [7, 11) is 3.22. The highest BCUT2D eigenvalue weighted by Crippen LogP contribution is 2.27. The van der Waals surface area contributed by atoms with Crippen LogP contribution in [-0.2, 0) is 9.53 Å². The van der Waals surface area contributed by atoms with Gasteiger partial charge >= 0.3 is 0 Å². The number of anilines is 1. The van der Waals surface area contributed by atoms with Gasteiger partial charge in [0.2, 0.25) is 5.91 Å². The third-order valence-electron chi connectivity index (χ3n) is 2.43. The number of methoxy groups -OCH3 is 2. The molecular weight excluding hydrogens is 312 g/mol. The Labute approximate surface area is 121 Å². The van der Waals surface area contributed by atoms with Crippen molar-refractivity contribution in [3.8, 4) is 5.75 Å². The molecule has 19 heavy (non-hydrogen) atoms. The van der Waals surface area contributed by atoms with Gasteiger partial charge in [-0.1, -0.05) is 0 Å². The second-order valence-electron chi connectivity index (χ2n) is 4.13. The normalized spacial score (nSPS) is 11.8. The van der Waals surface area contributed by atoms with Crippen LogP contribution in [0.2, 0.25) is 0 Å². The van der Waals surface area contributed by atoms with E-state index in [2.05, 4.69) is 26.6 Å². The minimum Gasteiger partial charge on any atom is -0.496 e. The molecule has 1 atom stereocenters. The van der Waals surface area contributed by atoms with E-state index in [-0.39, 0.29) is 18.5 Å². The molecule has 0 radical (unpaired) electrons. The second-order valence-corrected chi connectivity index (χ2v) is 4.98. The second kappa shape index (κ2) is 8.01. The molecule has 106 valence electrons. The first-order valence-corrected chi connectivity index (χ1v) is 6.71. The van der Waals surface area contributed by atoms with Crippen LogP contribution in [0.5, 0.6) is 5.75 Å². The minimum absolute atomic E-state index is 0.00176. The fraction of sp³-hybridized carbons (Fsp3) is 0.462. The molecule has 0 aliphatic rings. The van der Waals surface area contributed by atoms with Crippen LogP contribution in [0.3, 0.4) is 0 Å². The Hall–Kier alpha value is -1.27. The highest BCUT2D eigenvalue weighted by atomic mass is 79.9. The van der Waals surface area contributed by atoms with Crippen LogP contribution in [0.25, 0.3) is 0 Å². The van der Waals surface area contributed by atoms with Gasteiger partial charge in [0.15, 0.2) is 0 Å². The molecule has 1 rings (SSSR count). The van der Waals surface area contributed by atoms with Gasteiger partial charge in [0.1, 0.15) is 5.75 Å². The Kier molecular flexibility index (Phi) is 6.66. The van der Waals surface area contributed by atoms with Crippen molar-refractivity contribution in [3.05, 3.63) is 22.7 Å². The summed E-state index contributed by atoms with van der Waals surface area (Å²) in [5.74, 6) is 0.681. The van der Waals surface area contributed by atoms with Crippen molar-refractivity contribution >= 4 is 27.5 Å². The number of carbonyl (C=O) groups is 1. The van der Waals surface area contributed by atoms with Gasteiger partial charge in [-0.25, -0.2) is 0 Å². The molecule has 0 bridgehead atoms. The molecular formula is C13H19BrN2O3. The van der Waals surface area contributed by atoms with Crippen LogP contribution < -0.4 is 15.4 Å². The zero-order valence-corrected chi connectivity index (χ0v) is 12.9. The summed E-state index contributed by atoms with van der Waals surface area (Å²) in [6.45, 7) is 2.61. The van der Waals surface area contributed by atoms with Gasteiger partial charge < -0.3 is 20.1 Å². The maximum Gasteiger partial charge on any atom is 0.239 e. The maximum atomic E-state index is 11.6. The van der Waals surface area contributed by atoms with Gasteiger partial charge in [0.25, 0.3) is 0 Å². The number of ether oxygens (including phenoxy) is 2. The summed E-state index contributed by atoms with van der Waals surface area (Å²) >= 11 is 3.39. The van der Waals surface area contributed by atoms with E-state index >= 15 is 0 Å². The lowest BCUT2D eigenvalue weighted by Crippen LogP contribution is -2.39. The average molecular weight is 331 g/mol. The molecule has 0 saturated carbocycles. The number of nitrogens with one attached hydrogen (secondary N) is 2. The lowest BCUT2D eigenvalue weighted by molar-refractivity contribution is -0.120. The van der Waals surface area contributed by atoms with E-state index in [4.69, 9.17) is 9.47 Å². The highest BCUT2D eigenvalue weighted by molar-refractivity contribution is 9.10. The first-order chi connectivity index (χ1) is 9.06. The molecule has 2 N–H and O–H groups in total. The molecule has 1 amide bonds. The number of hydrogen-bond donors (Lipinski definition) is 2. The van der Waals surface area contributed by atoms with E-state index in [1.165, 1.54) is 0 Å². The first-order valence-electron chi connectivity index (χ1n) is 5.92. The molecule has 0 unspecified atom stereocenters. The third kappa shape index (κ3) is 5.48. The van der Waals surface area contributed by atoms with Crippen LogP contribution in [0.4, 0.5) is 5.69 Å². The minimum atomic E-state index is -0.0727. The molecule has 0 fully saturated rings. The van der Waals surface area contributed by atoms with Crippen LogP contribution in [0, 0.1) is 0 Å². The van der Waals surface area contributed by atoms with Crippen LogP contribution in [0.1, 0.15) is 6.92 Å². The Morgan fingerprint density at radius 2 is 2.16 bits per heavy atom. The average Bonchev–Trinajstić information content (AvgIpc) is 2.36. The topological polar surface area (TPSA) is 59.6 Å². The molecule has 0 aromatic heterocycles. The van der Waals surface area contributed by atoms with Crippen molar-refractivity contribution in [3.63, 3.8) is 0 Å². The van der Waals surface area contributed by atoms with E-state index in [1.807, 2.05) is 25.1 Å². The van der Waals surface area contributed by atoms with Crippen molar-refractivity contribution in [1.29, 1.82) is 0 Å². The molecule has 0 saturated heterocycles. The van der Waals surface area contributed by atoms with E-state index in [9.17, 15) is 4.79 Å². The molecule has 6 heteroatoms. The van der Waals surface area contributed by atoms with Crippen molar-refractivity contribution in [2.24, 2.45) is 0 Å². The molecule has 1 aromatic carbocycles. The smallest absolute Gasteiger partial charge is 0.239 e. The molecule has 0 spiro atoms. The van der Waals surface area contributed by atoms with E-state index in [0.29, 0.717) is 6.61 Å². The Bertz CT molecular complexity index is 426. The summed E-state index contributed by atoms with van der Waals surface area (Å²) in [6.07, 6.45) is 0. The lowest BCUT2D eigenvalue weighted by Gasteiger charge is -2.14. The zero-order valence-electron chi connectivity index (χ0n) is 11.3. The molecule has 5 nitrogen and oxygen atoms in total. The number of amides is 1. The lowest BCUT2D eigenvalue weighted by atomic mass is 10.3. The fourth-order valence-electron chi connectivity index (χ4n) is 1.58. The predicted molar refractivity (Wildman–Crippen MR) is 78.7 cm³/mol. The van der Waals surface area contributed by atoms with Crippen molar-refractivity contribution < 1.29 is 14.3 Å². The molecule has 0 aliphatic carbocycles. The summed E-state index contributed by atoms with van der Waals surface area (Å²) < 4.78 is 10.9. The standard InChI is InChI=1S/C13H19BrN2O3/c1-9(8-18-2)16-13(17)7-15-10-4-5-12(19-3)11(14)6-10/h4-6,9,15H,7-8H2,1-3H3,(H,16,17)/t9-/m0/s1. The summed E-state index contributed by atoms with van der Waals surface area (Å²) in [5.41, 5.74) is 0.849. The largest absolute Gasteiger partial charge is 0.496 e. The summed E-state index contributed by atoms with van der Waals surface area (Å²) in [6, 6.07) is 5.56. The van der Waals surface area contributed by atoms with E-state index in [1.54, 1.807) is 14.2 Å². The fourth-order valence-corrected chi connectivity index (χ4v) is 2.12. The van der Waals surface area contributed by atoms with Crippen LogP contribution in [0.15, 0.2) is 22.7 Å². The number of carbonyl (C=O) groups excluding carboxylic acids is 1. The van der Waals surface area contributed by atoms with Gasteiger partial charge in [-0.05, 0) is 41.1 Å². The molecule has 0 heterocycles. The van der Waals surface area contributed by atoms with Crippen LogP contribution in [-0.4, -0.2) is 39.3 Å². The van der Waals surface area contributed by atoms with Gasteiger partial charge in [-0.3, -0.25) is 4.79 Å². The summed E-state index contributed by atoms with van der Waals surface area (Å²) in [5, 5.41) is 5.87. The quantitative estimate of drug-likeness (QED) is 0.803. The van der Waals surface area contributed by atoms with Gasteiger partial charge in [0, 0.05) is 18.8 Å². The number of benzene rings is 1. The SMILES string of the molecule is COC[C@H](C)NC(=O)CNc1ccc(OC)c(Br)c1. The van der Waals surface area contributed by atoms with E-state index < -0.39 is 0 Å². The molecule has 0 aliphatic heterocycles. The third-order valence-corrected chi connectivity index (χ3v) is 3.05. The summed E-state index contributed by atoms with van der Waals surface area (Å²) in [4.78, 5) is 11.6. The number of hydrogen-bond acceptors (Lipinski definition) is 4. The van der Waals surface area contributed by atoms with Crippen molar-refractivity contribution in [2.75, 3.05) is 32.7 Å². The van der Waals surface area contributed by atoms with Crippen LogP contribution >= 0.6 is 15.9 Å². The van der Waals surface area contributed by atoms with E-state index in [0.717, 1.165) is 15.9 Å². The van der Waals surface area contributed by atoms with Crippen molar-refractivity contribution in [2.45, 2.75) is 13.0 Å². The first kappa shape index (κ1) is 15.8. The molecule has 1 aromatic rings. The number of halogens is 1. The van der Waals surface area contributed by atoms with Gasteiger partial charge in [-0.2, -0.15) is 0 Å². The number of rotatable bonds is 7. The zero-order chi connectivity index (χ0) is 14.3. The Balaban J connectivity index is 2.44. The predicted octanol–water partition coefficient (Wildman–Crippen LogP) is 2.02. The Morgan fingerprint density at radius 3 is 2.74 bits per heavy atom. The monoisotopic (exact) mass is 330 g/mol. The van der Waals surface area contributed by atoms with Gasteiger partial charge in [-0.15, -0.1) is 0 Å².